The molecule has 4 amide bonds. The number of rotatable bonds is 2. The van der Waals surface area contributed by atoms with Gasteiger partial charge in [0, 0.05) is 26.9 Å². The molecule has 60 heavy (non-hydrogen) atoms. The van der Waals surface area contributed by atoms with Gasteiger partial charge in [-0.15, -0.1) is 0 Å². The molecule has 10 nitrogen and oxygen atoms in total. The molecule has 2 N–H and O–H groups in total. The lowest BCUT2D eigenvalue weighted by molar-refractivity contribution is -0.126. The lowest BCUT2D eigenvalue weighted by Gasteiger charge is -2.28. The van der Waals surface area contributed by atoms with Crippen LogP contribution in [-0.4, -0.2) is 71.8 Å². The highest BCUT2D eigenvalue weighted by Gasteiger charge is 2.29. The van der Waals surface area contributed by atoms with Crippen LogP contribution in [0.4, 0.5) is 8.78 Å². The van der Waals surface area contributed by atoms with Crippen LogP contribution in [0.25, 0.3) is 0 Å². The van der Waals surface area contributed by atoms with Crippen LogP contribution in [0, 0.1) is 11.6 Å². The Balaban J connectivity index is 0.000000228. The quantitative estimate of drug-likeness (QED) is 0.196. The van der Waals surface area contributed by atoms with Gasteiger partial charge in [0.2, 0.25) is 11.8 Å². The maximum atomic E-state index is 13.3. The molecule has 6 rings (SSSR count). The summed E-state index contributed by atoms with van der Waals surface area (Å²) in [7, 11) is 3.21. The Bertz CT molecular complexity index is 2010. The van der Waals surface area contributed by atoms with E-state index in [2.05, 4.69) is 10.6 Å². The van der Waals surface area contributed by atoms with Gasteiger partial charge in [-0.25, -0.2) is 8.78 Å². The van der Waals surface area contributed by atoms with Crippen LogP contribution in [0.5, 0.6) is 11.5 Å². The summed E-state index contributed by atoms with van der Waals surface area (Å²) in [5.74, 6) is -0.782. The molecule has 316 valence electrons. The van der Waals surface area contributed by atoms with E-state index in [1.807, 2.05) is 50.3 Å². The lowest BCUT2D eigenvalue weighted by atomic mass is 10.0. The van der Waals surface area contributed by atoms with E-state index >= 15 is 0 Å². The van der Waals surface area contributed by atoms with E-state index in [9.17, 15) is 28.0 Å². The lowest BCUT2D eigenvalue weighted by Crippen LogP contribution is -2.47. The van der Waals surface area contributed by atoms with E-state index < -0.39 is 12.1 Å². The van der Waals surface area contributed by atoms with Crippen LogP contribution in [0.15, 0.2) is 121 Å². The van der Waals surface area contributed by atoms with Crippen molar-refractivity contribution in [3.8, 4) is 11.5 Å². The van der Waals surface area contributed by atoms with Crippen LogP contribution in [0.2, 0.25) is 0 Å². The summed E-state index contributed by atoms with van der Waals surface area (Å²) in [6.07, 6.45) is 10.1. The molecule has 4 aromatic rings. The van der Waals surface area contributed by atoms with Gasteiger partial charge in [0.25, 0.3) is 11.8 Å². The van der Waals surface area contributed by atoms with Crippen molar-refractivity contribution in [2.75, 3.05) is 14.1 Å². The fourth-order valence-corrected chi connectivity index (χ4v) is 6.68. The zero-order valence-corrected chi connectivity index (χ0v) is 34.9. The molecule has 2 aliphatic rings. The van der Waals surface area contributed by atoms with Crippen molar-refractivity contribution in [1.82, 2.24) is 20.4 Å². The number of benzene rings is 4. The van der Waals surface area contributed by atoms with Crippen LogP contribution in [-0.2, 0) is 9.59 Å². The average molecular weight is 821 g/mol. The molecule has 0 radical (unpaired) electrons. The fourth-order valence-electron chi connectivity index (χ4n) is 6.68. The SMILES string of the molecule is C[C@@H]1C/C=C/C[C@H](c2ccc(F)cc2)NC(=O)[C@H](C)N(C)C(=O)c2ccccc2O1.C[C@@H]1C/C=C\C[C@H](c2ccc(F)cc2)NC(=O)[C@H](C)N(C)C(=O)c2ccccc2O1. The molecule has 0 saturated carbocycles. The predicted molar refractivity (Wildman–Crippen MR) is 227 cm³/mol. The topological polar surface area (TPSA) is 117 Å². The van der Waals surface area contributed by atoms with Gasteiger partial charge < -0.3 is 29.9 Å². The van der Waals surface area contributed by atoms with Crippen molar-refractivity contribution in [3.05, 3.63) is 155 Å². The highest BCUT2D eigenvalue weighted by Crippen LogP contribution is 2.26. The normalized spacial score (nSPS) is 24.3. The third kappa shape index (κ3) is 11.9. The first-order valence-corrected chi connectivity index (χ1v) is 20.2. The Labute approximate surface area is 351 Å². The van der Waals surface area contributed by atoms with Crippen LogP contribution >= 0.6 is 0 Å². The summed E-state index contributed by atoms with van der Waals surface area (Å²) >= 11 is 0. The van der Waals surface area contributed by atoms with Gasteiger partial charge in [0.05, 0.1) is 35.4 Å². The number of carbonyl (C=O) groups is 4. The fraction of sp³-hybridized carbons (Fsp3) is 0.333. The van der Waals surface area contributed by atoms with Gasteiger partial charge >= 0.3 is 0 Å². The van der Waals surface area contributed by atoms with Gasteiger partial charge in [-0.05, 0) is 100 Å². The number of para-hydroxylation sites is 2. The second kappa shape index (κ2) is 21.1. The Kier molecular flexibility index (Phi) is 15.8. The number of halogens is 2. The van der Waals surface area contributed by atoms with Gasteiger partial charge in [-0.1, -0.05) is 72.8 Å². The van der Waals surface area contributed by atoms with Gasteiger partial charge in [0.15, 0.2) is 0 Å². The summed E-state index contributed by atoms with van der Waals surface area (Å²) in [5, 5.41) is 6.01. The minimum atomic E-state index is -0.696. The molecule has 12 heteroatoms. The second-order valence-electron chi connectivity index (χ2n) is 15.1. The van der Waals surface area contributed by atoms with Gasteiger partial charge in [-0.2, -0.15) is 0 Å². The first-order valence-electron chi connectivity index (χ1n) is 20.2. The molecule has 0 fully saturated rings. The van der Waals surface area contributed by atoms with E-state index in [0.717, 1.165) is 11.1 Å². The summed E-state index contributed by atoms with van der Waals surface area (Å²) in [5.41, 5.74) is 2.44. The van der Waals surface area contributed by atoms with Crippen molar-refractivity contribution < 1.29 is 37.4 Å². The Hall–Kier alpha value is -6.30. The summed E-state index contributed by atoms with van der Waals surface area (Å²) in [6.45, 7) is 7.26. The summed E-state index contributed by atoms with van der Waals surface area (Å²) in [6, 6.07) is 24.3. The van der Waals surface area contributed by atoms with Crippen molar-refractivity contribution in [2.45, 2.75) is 89.8 Å². The number of amides is 4. The zero-order valence-electron chi connectivity index (χ0n) is 34.9. The Morgan fingerprint density at radius 1 is 0.500 bits per heavy atom. The van der Waals surface area contributed by atoms with Crippen LogP contribution < -0.4 is 20.1 Å². The summed E-state index contributed by atoms with van der Waals surface area (Å²) in [4.78, 5) is 54.8. The third-order valence-electron chi connectivity index (χ3n) is 10.6. The van der Waals surface area contributed by atoms with Crippen LogP contribution in [0.3, 0.4) is 0 Å². The number of nitrogens with zero attached hydrogens (tertiary/aromatic N) is 2. The maximum absolute atomic E-state index is 13.3. The largest absolute Gasteiger partial charge is 0.490 e. The number of likely N-dealkylation sites (N-methyl/N-ethyl adjacent to an activating group) is 2. The molecule has 0 unspecified atom stereocenters. The van der Waals surface area contributed by atoms with E-state index in [-0.39, 0.29) is 59.6 Å². The van der Waals surface area contributed by atoms with E-state index in [0.29, 0.717) is 48.3 Å². The molecule has 0 spiro atoms. The average Bonchev–Trinajstić information content (AvgIpc) is 3.24. The first-order chi connectivity index (χ1) is 28.7. The number of carbonyl (C=O) groups excluding carboxylic acids is 4. The standard InChI is InChI=1S/2C24H27FN2O3/c2*1-16-8-4-6-10-21(18-12-14-19(25)15-13-18)26-23(28)17(2)27(3)24(29)20-9-5-7-11-22(20)30-16/h2*4-7,9,11-17,21H,8,10H2,1-3H3,(H,26,28)/b6-4+;6-4-/t2*16-,17+,21-/m11/s1. The number of fused-ring (bicyclic) bond motifs is 2. The van der Waals surface area contributed by atoms with Crippen molar-refractivity contribution >= 4 is 23.6 Å². The molecule has 2 heterocycles. The van der Waals surface area contributed by atoms with E-state index in [4.69, 9.17) is 9.47 Å². The molecule has 0 aromatic heterocycles. The predicted octanol–water partition coefficient (Wildman–Crippen LogP) is 8.52. The van der Waals surface area contributed by atoms with E-state index in [1.165, 1.54) is 34.1 Å². The monoisotopic (exact) mass is 820 g/mol. The highest BCUT2D eigenvalue weighted by atomic mass is 19.1. The molecule has 2 aliphatic heterocycles. The number of hydrogen-bond acceptors (Lipinski definition) is 6. The molecule has 4 aromatic carbocycles. The summed E-state index contributed by atoms with van der Waals surface area (Å²) < 4.78 is 38.7. The first kappa shape index (κ1) is 44.8. The minimum Gasteiger partial charge on any atom is -0.490 e. The molecule has 0 bridgehead atoms. The van der Waals surface area contributed by atoms with Crippen molar-refractivity contribution in [3.63, 3.8) is 0 Å². The van der Waals surface area contributed by atoms with Gasteiger partial charge in [-0.3, -0.25) is 19.2 Å². The molecular weight excluding hydrogens is 767 g/mol. The molecular formula is C48H54F2N4O6. The Morgan fingerprint density at radius 3 is 1.20 bits per heavy atom. The highest BCUT2D eigenvalue weighted by molar-refractivity contribution is 6.00. The smallest absolute Gasteiger partial charge is 0.258 e. The maximum Gasteiger partial charge on any atom is 0.258 e. The van der Waals surface area contributed by atoms with Crippen molar-refractivity contribution in [1.29, 1.82) is 0 Å². The third-order valence-corrected chi connectivity index (χ3v) is 10.6. The number of ether oxygens (including phenoxy) is 2. The minimum absolute atomic E-state index is 0.125. The number of nitrogens with one attached hydrogen (secondary N) is 2. The Morgan fingerprint density at radius 2 is 0.833 bits per heavy atom. The molecule has 0 aliphatic carbocycles. The molecule has 6 atom stereocenters. The van der Waals surface area contributed by atoms with Crippen LogP contribution in [0.1, 0.15) is 97.3 Å². The van der Waals surface area contributed by atoms with Gasteiger partial charge in [0.1, 0.15) is 35.2 Å². The zero-order chi connectivity index (χ0) is 43.3. The number of hydrogen-bond donors (Lipinski definition) is 2. The van der Waals surface area contributed by atoms with Crippen molar-refractivity contribution in [2.24, 2.45) is 0 Å². The van der Waals surface area contributed by atoms with E-state index in [1.54, 1.807) is 88.6 Å². The molecule has 0 saturated heterocycles. The second-order valence-corrected chi connectivity index (χ2v) is 15.1.